The van der Waals surface area contributed by atoms with Crippen LogP contribution >= 0.6 is 11.3 Å². The molecule has 0 amide bonds. The van der Waals surface area contributed by atoms with Gasteiger partial charge in [0.05, 0.1) is 28.3 Å². The minimum absolute atomic E-state index is 0.0450. The Hall–Kier alpha value is -2.26. The Kier molecular flexibility index (Phi) is 7.31. The largest absolute Gasteiger partial charge is 0.489 e. The van der Waals surface area contributed by atoms with Gasteiger partial charge in [-0.1, -0.05) is 0 Å². The molecule has 2 aromatic rings. The fraction of sp³-hybridized carbons (Fsp3) is 0.444. The van der Waals surface area contributed by atoms with Gasteiger partial charge in [0.25, 0.3) is 0 Å². The third-order valence-corrected chi connectivity index (χ3v) is 4.82. The van der Waals surface area contributed by atoms with Crippen LogP contribution in [-0.2, 0) is 15.7 Å². The van der Waals surface area contributed by atoms with E-state index in [-0.39, 0.29) is 24.7 Å². The van der Waals surface area contributed by atoms with E-state index in [0.717, 1.165) is 23.6 Å². The van der Waals surface area contributed by atoms with E-state index in [1.807, 2.05) is 24.9 Å². The highest BCUT2D eigenvalue weighted by atomic mass is 32.1. The summed E-state index contributed by atoms with van der Waals surface area (Å²) in [4.78, 5) is 22.1. The maximum Gasteiger partial charge on any atom is 0.418 e. The van der Waals surface area contributed by atoms with Crippen LogP contribution in [0.4, 0.5) is 13.2 Å². The normalized spacial score (nSPS) is 11.6. The number of alkyl halides is 3. The zero-order chi connectivity index (χ0) is 20.9. The molecule has 28 heavy (non-hydrogen) atoms. The molecule has 0 bridgehead atoms. The van der Waals surface area contributed by atoms with Crippen molar-refractivity contribution < 1.29 is 27.4 Å². The van der Waals surface area contributed by atoms with Crippen LogP contribution in [0.15, 0.2) is 12.3 Å². The standard InChI is InChI=1S/C18H20F3N3O3S/c1-11-16(12(10-25)9-24(2)3)28-17(23-11)15-14(27-6-5-26-4)7-13(8-22-15)18(19,20)21/h7-8H,5-6,9H2,1-4H3. The van der Waals surface area contributed by atoms with E-state index in [0.29, 0.717) is 27.7 Å². The first-order chi connectivity index (χ1) is 13.2. The van der Waals surface area contributed by atoms with Crippen molar-refractivity contribution in [2.45, 2.75) is 13.1 Å². The molecule has 0 fully saturated rings. The summed E-state index contributed by atoms with van der Waals surface area (Å²) in [6.07, 6.45) is -3.81. The first-order valence-corrected chi connectivity index (χ1v) is 9.04. The van der Waals surface area contributed by atoms with E-state index in [9.17, 15) is 18.0 Å². The van der Waals surface area contributed by atoms with Gasteiger partial charge >= 0.3 is 6.18 Å². The van der Waals surface area contributed by atoms with Gasteiger partial charge in [-0.15, -0.1) is 11.3 Å². The number of ether oxygens (including phenoxy) is 2. The molecule has 10 heteroatoms. The number of thiazole rings is 1. The van der Waals surface area contributed by atoms with Crippen LogP contribution < -0.4 is 4.74 Å². The number of aromatic nitrogens is 2. The molecule has 0 N–H and O–H groups in total. The van der Waals surface area contributed by atoms with E-state index >= 15 is 0 Å². The van der Waals surface area contributed by atoms with Gasteiger partial charge in [-0.05, 0) is 27.1 Å². The van der Waals surface area contributed by atoms with Crippen molar-refractivity contribution in [2.24, 2.45) is 0 Å². The number of pyridine rings is 1. The van der Waals surface area contributed by atoms with Gasteiger partial charge in [-0.25, -0.2) is 14.8 Å². The van der Waals surface area contributed by atoms with E-state index in [4.69, 9.17) is 9.47 Å². The molecular weight excluding hydrogens is 395 g/mol. The fourth-order valence-electron chi connectivity index (χ4n) is 2.35. The molecule has 0 aliphatic rings. The number of hydrogen-bond acceptors (Lipinski definition) is 7. The maximum absolute atomic E-state index is 13.0. The summed E-state index contributed by atoms with van der Waals surface area (Å²) in [5.74, 6) is 1.87. The monoisotopic (exact) mass is 415 g/mol. The number of hydrogen-bond donors (Lipinski definition) is 0. The van der Waals surface area contributed by atoms with Crippen LogP contribution in [-0.4, -0.2) is 61.8 Å². The summed E-state index contributed by atoms with van der Waals surface area (Å²) >= 11 is 1.16. The van der Waals surface area contributed by atoms with Gasteiger partial charge in [0.2, 0.25) is 0 Å². The summed E-state index contributed by atoms with van der Waals surface area (Å²) < 4.78 is 49.5. The Morgan fingerprint density at radius 1 is 1.32 bits per heavy atom. The smallest absolute Gasteiger partial charge is 0.418 e. The summed E-state index contributed by atoms with van der Waals surface area (Å²) in [7, 11) is 5.09. The van der Waals surface area contributed by atoms with Gasteiger partial charge in [0.15, 0.2) is 0 Å². The molecule has 0 saturated heterocycles. The number of likely N-dealkylation sites (N-methyl/N-ethyl adjacent to an activating group) is 1. The SMILES string of the molecule is COCCOc1cc(C(F)(F)F)cnc1-c1nc(C)c(C(=C=O)CN(C)C)s1. The molecule has 0 radical (unpaired) electrons. The molecule has 6 nitrogen and oxygen atoms in total. The zero-order valence-electron chi connectivity index (χ0n) is 15.9. The molecule has 0 aliphatic carbocycles. The van der Waals surface area contributed by atoms with Gasteiger partial charge < -0.3 is 14.4 Å². The third kappa shape index (κ3) is 5.39. The number of rotatable bonds is 8. The van der Waals surface area contributed by atoms with Crippen molar-refractivity contribution in [1.29, 1.82) is 0 Å². The molecular formula is C18H20F3N3O3S. The maximum atomic E-state index is 13.0. The van der Waals surface area contributed by atoms with E-state index < -0.39 is 11.7 Å². The molecule has 0 spiro atoms. The Morgan fingerprint density at radius 3 is 2.61 bits per heavy atom. The second-order valence-corrected chi connectivity index (χ2v) is 7.16. The molecule has 0 aliphatic heterocycles. The average Bonchev–Trinajstić information content (AvgIpc) is 3.00. The molecule has 2 rings (SSSR count). The molecule has 2 aromatic heterocycles. The van der Waals surface area contributed by atoms with Gasteiger partial charge in [0.1, 0.15) is 29.0 Å². The molecule has 0 aromatic carbocycles. The highest BCUT2D eigenvalue weighted by Crippen LogP contribution is 2.38. The van der Waals surface area contributed by atoms with Crippen molar-refractivity contribution in [2.75, 3.05) is 41.0 Å². The quantitative estimate of drug-likeness (QED) is 0.487. The lowest BCUT2D eigenvalue weighted by atomic mass is 10.2. The molecule has 0 atom stereocenters. The lowest BCUT2D eigenvalue weighted by Gasteiger charge is -2.12. The van der Waals surface area contributed by atoms with E-state index in [2.05, 4.69) is 9.97 Å². The molecule has 0 unspecified atom stereocenters. The first kappa shape index (κ1) is 22.0. The molecule has 152 valence electrons. The number of halogens is 3. The number of nitrogens with zero attached hydrogens (tertiary/aromatic N) is 3. The van der Waals surface area contributed by atoms with Crippen LogP contribution in [0.25, 0.3) is 16.3 Å². The highest BCUT2D eigenvalue weighted by molar-refractivity contribution is 7.16. The lowest BCUT2D eigenvalue weighted by Crippen LogP contribution is -2.14. The number of methoxy groups -OCH3 is 1. The van der Waals surface area contributed by atoms with Crippen molar-refractivity contribution >= 4 is 22.9 Å². The average molecular weight is 415 g/mol. The summed E-state index contributed by atoms with van der Waals surface area (Å²) in [6.45, 7) is 2.35. The topological polar surface area (TPSA) is 64.5 Å². The Labute approximate surface area is 164 Å². The minimum atomic E-state index is -4.55. The van der Waals surface area contributed by atoms with Crippen molar-refractivity contribution in [1.82, 2.24) is 14.9 Å². The fourth-order valence-corrected chi connectivity index (χ4v) is 3.40. The van der Waals surface area contributed by atoms with Gasteiger partial charge in [-0.2, -0.15) is 13.2 Å². The van der Waals surface area contributed by atoms with Crippen LogP contribution in [0, 0.1) is 6.92 Å². The summed E-state index contributed by atoms with van der Waals surface area (Å²) in [6, 6.07) is 0.894. The van der Waals surface area contributed by atoms with Crippen LogP contribution in [0.5, 0.6) is 5.75 Å². The Bertz CT molecular complexity index is 875. The Balaban J connectivity index is 2.48. The van der Waals surface area contributed by atoms with E-state index in [1.54, 1.807) is 6.92 Å². The summed E-state index contributed by atoms with van der Waals surface area (Å²) in [5.41, 5.74) is 0.251. The van der Waals surface area contributed by atoms with Crippen LogP contribution in [0.1, 0.15) is 16.1 Å². The third-order valence-electron chi connectivity index (χ3n) is 3.60. The van der Waals surface area contributed by atoms with Crippen LogP contribution in [0.2, 0.25) is 0 Å². The first-order valence-electron chi connectivity index (χ1n) is 8.23. The van der Waals surface area contributed by atoms with Crippen molar-refractivity contribution in [3.05, 3.63) is 28.4 Å². The lowest BCUT2D eigenvalue weighted by molar-refractivity contribution is -0.137. The second-order valence-electron chi connectivity index (χ2n) is 6.16. The van der Waals surface area contributed by atoms with E-state index in [1.165, 1.54) is 7.11 Å². The molecule has 0 saturated carbocycles. The Morgan fingerprint density at radius 2 is 2.04 bits per heavy atom. The highest BCUT2D eigenvalue weighted by Gasteiger charge is 2.32. The second kappa shape index (κ2) is 9.29. The van der Waals surface area contributed by atoms with Gasteiger partial charge in [-0.3, -0.25) is 0 Å². The zero-order valence-corrected chi connectivity index (χ0v) is 16.7. The predicted molar refractivity (Wildman–Crippen MR) is 100 cm³/mol. The minimum Gasteiger partial charge on any atom is -0.489 e. The van der Waals surface area contributed by atoms with Gasteiger partial charge in [0, 0.05) is 19.9 Å². The summed E-state index contributed by atoms with van der Waals surface area (Å²) in [5, 5.41) is 0.361. The van der Waals surface area contributed by atoms with Crippen molar-refractivity contribution in [3.63, 3.8) is 0 Å². The molecule has 2 heterocycles. The predicted octanol–water partition coefficient (Wildman–Crippen LogP) is 3.33. The number of aryl methyl sites for hydroxylation is 1. The van der Waals surface area contributed by atoms with Crippen LogP contribution in [0.3, 0.4) is 0 Å². The van der Waals surface area contributed by atoms with Crippen molar-refractivity contribution in [3.8, 4) is 16.5 Å². The number of carbonyl (C=O) groups excluding carboxylic acids is 1.